The van der Waals surface area contributed by atoms with Crippen LogP contribution in [0.3, 0.4) is 0 Å². The third-order valence-corrected chi connectivity index (χ3v) is 3.63. The molecule has 2 atom stereocenters. The van der Waals surface area contributed by atoms with Crippen LogP contribution in [0.25, 0.3) is 0 Å². The summed E-state index contributed by atoms with van der Waals surface area (Å²) in [5.41, 5.74) is 0. The molecule has 0 aliphatic heterocycles. The Hall–Kier alpha value is -0.480. The molecule has 0 radical (unpaired) electrons. The summed E-state index contributed by atoms with van der Waals surface area (Å²) in [4.78, 5) is 0. The number of aliphatic hydroxyl groups excluding tert-OH is 1. The SMILES string of the molecule is CCCC(CC)NCC(O)COc1ccc(Cl)cc1Cl. The number of hydrogen-bond acceptors (Lipinski definition) is 3. The number of nitrogens with one attached hydrogen (secondary N) is 1. The number of aliphatic hydroxyl groups is 1. The minimum atomic E-state index is -0.562. The summed E-state index contributed by atoms with van der Waals surface area (Å²) < 4.78 is 5.50. The van der Waals surface area contributed by atoms with Crippen molar-refractivity contribution in [3.63, 3.8) is 0 Å². The van der Waals surface area contributed by atoms with Gasteiger partial charge in [-0.2, -0.15) is 0 Å². The predicted octanol–water partition coefficient (Wildman–Crippen LogP) is 3.90. The second-order valence-corrected chi connectivity index (χ2v) is 5.69. The van der Waals surface area contributed by atoms with Crippen LogP contribution in [0.5, 0.6) is 5.75 Å². The molecule has 5 heteroatoms. The maximum Gasteiger partial charge on any atom is 0.138 e. The molecule has 0 heterocycles. The third kappa shape index (κ3) is 6.31. The average Bonchev–Trinajstić information content (AvgIpc) is 2.42. The van der Waals surface area contributed by atoms with Crippen LogP contribution >= 0.6 is 23.2 Å². The molecule has 3 nitrogen and oxygen atoms in total. The molecule has 0 spiro atoms. The fourth-order valence-corrected chi connectivity index (χ4v) is 2.40. The van der Waals surface area contributed by atoms with E-state index in [2.05, 4.69) is 19.2 Å². The molecule has 0 saturated carbocycles. The highest BCUT2D eigenvalue weighted by Gasteiger charge is 2.10. The summed E-state index contributed by atoms with van der Waals surface area (Å²) in [6, 6.07) is 5.49. The quantitative estimate of drug-likeness (QED) is 0.725. The van der Waals surface area contributed by atoms with E-state index in [9.17, 15) is 5.11 Å². The Morgan fingerprint density at radius 3 is 2.65 bits per heavy atom. The number of hydrogen-bond donors (Lipinski definition) is 2. The van der Waals surface area contributed by atoms with Crippen LogP contribution in [0.2, 0.25) is 10.0 Å². The van der Waals surface area contributed by atoms with Crippen LogP contribution in [0.4, 0.5) is 0 Å². The fraction of sp³-hybridized carbons (Fsp3) is 0.600. The summed E-state index contributed by atoms with van der Waals surface area (Å²) in [6.07, 6.45) is 2.75. The Morgan fingerprint density at radius 2 is 2.05 bits per heavy atom. The maximum absolute atomic E-state index is 9.91. The lowest BCUT2D eigenvalue weighted by molar-refractivity contribution is 0.103. The van der Waals surface area contributed by atoms with Crippen molar-refractivity contribution in [3.05, 3.63) is 28.2 Å². The monoisotopic (exact) mass is 319 g/mol. The van der Waals surface area contributed by atoms with E-state index in [4.69, 9.17) is 27.9 Å². The van der Waals surface area contributed by atoms with Gasteiger partial charge in [-0.3, -0.25) is 0 Å². The summed E-state index contributed by atoms with van der Waals surface area (Å²) in [5, 5.41) is 14.3. The normalized spacial score (nSPS) is 14.1. The first kappa shape index (κ1) is 17.6. The summed E-state index contributed by atoms with van der Waals surface area (Å²) in [5.74, 6) is 0.538. The molecule has 0 aliphatic carbocycles. The first-order chi connectivity index (χ1) is 9.56. The zero-order chi connectivity index (χ0) is 15.0. The van der Waals surface area contributed by atoms with Crippen molar-refractivity contribution in [2.24, 2.45) is 0 Å². The Kier molecular flexibility index (Phi) is 8.31. The van der Waals surface area contributed by atoms with E-state index in [1.807, 2.05) is 0 Å². The lowest BCUT2D eigenvalue weighted by Crippen LogP contribution is -2.37. The first-order valence-electron chi connectivity index (χ1n) is 7.06. The van der Waals surface area contributed by atoms with Crippen molar-refractivity contribution in [2.45, 2.75) is 45.3 Å². The second-order valence-electron chi connectivity index (χ2n) is 4.84. The summed E-state index contributed by atoms with van der Waals surface area (Å²) in [6.45, 7) is 5.02. The van der Waals surface area contributed by atoms with Gasteiger partial charge in [-0.25, -0.2) is 0 Å². The Labute approximate surface area is 131 Å². The molecule has 1 aromatic rings. The van der Waals surface area contributed by atoms with Crippen LogP contribution < -0.4 is 10.1 Å². The van der Waals surface area contributed by atoms with Gasteiger partial charge in [0.1, 0.15) is 18.5 Å². The maximum atomic E-state index is 9.91. The largest absolute Gasteiger partial charge is 0.489 e. The minimum Gasteiger partial charge on any atom is -0.489 e. The smallest absolute Gasteiger partial charge is 0.138 e. The van der Waals surface area contributed by atoms with Crippen LogP contribution in [0.15, 0.2) is 18.2 Å². The van der Waals surface area contributed by atoms with Gasteiger partial charge in [0.2, 0.25) is 0 Å². The molecule has 0 bridgehead atoms. The molecule has 0 aromatic heterocycles. The Morgan fingerprint density at radius 1 is 1.30 bits per heavy atom. The standard InChI is InChI=1S/C15H23Cl2NO2/c1-3-5-12(4-2)18-9-13(19)10-20-15-7-6-11(16)8-14(15)17/h6-8,12-13,18-19H,3-5,9-10H2,1-2H3. The molecular formula is C15H23Cl2NO2. The van der Waals surface area contributed by atoms with Gasteiger partial charge >= 0.3 is 0 Å². The van der Waals surface area contributed by atoms with Crippen LogP contribution in [0, 0.1) is 0 Å². The van der Waals surface area contributed by atoms with Crippen molar-refractivity contribution in [3.8, 4) is 5.75 Å². The lowest BCUT2D eigenvalue weighted by atomic mass is 10.1. The zero-order valence-electron chi connectivity index (χ0n) is 12.0. The molecule has 2 unspecified atom stereocenters. The number of benzene rings is 1. The molecule has 1 rings (SSSR count). The molecule has 2 N–H and O–H groups in total. The first-order valence-corrected chi connectivity index (χ1v) is 7.81. The van der Waals surface area contributed by atoms with Gasteiger partial charge in [0.15, 0.2) is 0 Å². The lowest BCUT2D eigenvalue weighted by Gasteiger charge is -2.19. The van der Waals surface area contributed by atoms with Crippen LogP contribution in [0.1, 0.15) is 33.1 Å². The average molecular weight is 320 g/mol. The van der Waals surface area contributed by atoms with Crippen molar-refractivity contribution < 1.29 is 9.84 Å². The summed E-state index contributed by atoms with van der Waals surface area (Å²) in [7, 11) is 0. The van der Waals surface area contributed by atoms with Crippen molar-refractivity contribution in [2.75, 3.05) is 13.2 Å². The highest BCUT2D eigenvalue weighted by atomic mass is 35.5. The zero-order valence-corrected chi connectivity index (χ0v) is 13.5. The number of rotatable bonds is 9. The number of ether oxygens (including phenoxy) is 1. The molecular weight excluding hydrogens is 297 g/mol. The van der Waals surface area contributed by atoms with Gasteiger partial charge < -0.3 is 15.2 Å². The van der Waals surface area contributed by atoms with Crippen molar-refractivity contribution in [1.82, 2.24) is 5.32 Å². The van der Waals surface area contributed by atoms with E-state index < -0.39 is 6.10 Å². The van der Waals surface area contributed by atoms with Crippen molar-refractivity contribution in [1.29, 1.82) is 0 Å². The number of halogens is 2. The van der Waals surface area contributed by atoms with E-state index in [1.165, 1.54) is 0 Å². The summed E-state index contributed by atoms with van der Waals surface area (Å²) >= 11 is 11.8. The molecule has 114 valence electrons. The molecule has 0 aliphatic rings. The molecule has 0 fully saturated rings. The van der Waals surface area contributed by atoms with Gasteiger partial charge in [-0.1, -0.05) is 43.5 Å². The van der Waals surface area contributed by atoms with E-state index in [0.29, 0.717) is 28.4 Å². The van der Waals surface area contributed by atoms with Gasteiger partial charge in [0.05, 0.1) is 5.02 Å². The predicted molar refractivity (Wildman–Crippen MR) is 85.0 cm³/mol. The van der Waals surface area contributed by atoms with E-state index in [1.54, 1.807) is 18.2 Å². The molecule has 20 heavy (non-hydrogen) atoms. The molecule has 0 saturated heterocycles. The molecule has 0 amide bonds. The highest BCUT2D eigenvalue weighted by molar-refractivity contribution is 6.35. The van der Waals surface area contributed by atoms with Crippen LogP contribution in [-0.2, 0) is 0 Å². The Bertz CT molecular complexity index is 401. The van der Waals surface area contributed by atoms with Crippen molar-refractivity contribution >= 4 is 23.2 Å². The van der Waals surface area contributed by atoms with Crippen LogP contribution in [-0.4, -0.2) is 30.4 Å². The Balaban J connectivity index is 2.33. The van der Waals surface area contributed by atoms with E-state index in [-0.39, 0.29) is 6.61 Å². The van der Waals surface area contributed by atoms with Gasteiger partial charge in [-0.05, 0) is 31.0 Å². The second kappa shape index (κ2) is 9.46. The van der Waals surface area contributed by atoms with E-state index in [0.717, 1.165) is 19.3 Å². The van der Waals surface area contributed by atoms with E-state index >= 15 is 0 Å². The third-order valence-electron chi connectivity index (χ3n) is 3.10. The van der Waals surface area contributed by atoms with Gasteiger partial charge in [-0.15, -0.1) is 0 Å². The highest BCUT2D eigenvalue weighted by Crippen LogP contribution is 2.27. The van der Waals surface area contributed by atoms with Gasteiger partial charge in [0.25, 0.3) is 0 Å². The topological polar surface area (TPSA) is 41.5 Å². The fourth-order valence-electron chi connectivity index (χ4n) is 1.94. The van der Waals surface area contributed by atoms with Gasteiger partial charge in [0, 0.05) is 17.6 Å². The minimum absolute atomic E-state index is 0.205. The molecule has 1 aromatic carbocycles.